The Morgan fingerprint density at radius 3 is 2.62 bits per heavy atom. The van der Waals surface area contributed by atoms with Crippen LogP contribution in [-0.4, -0.2) is 25.3 Å². The Morgan fingerprint density at radius 2 is 1.94 bits per heavy atom. The van der Waals surface area contributed by atoms with Crippen molar-refractivity contribution in [2.75, 3.05) is 13.2 Å². The van der Waals surface area contributed by atoms with Gasteiger partial charge in [0.25, 0.3) is 0 Å². The fraction of sp³-hybridized carbons (Fsp3) is 0.923. The lowest BCUT2D eigenvalue weighted by atomic mass is 9.98. The van der Waals surface area contributed by atoms with Gasteiger partial charge in [0, 0.05) is 12.8 Å². The first-order chi connectivity index (χ1) is 7.83. The van der Waals surface area contributed by atoms with Gasteiger partial charge in [0.2, 0.25) is 0 Å². The zero-order valence-electron chi connectivity index (χ0n) is 10.4. The summed E-state index contributed by atoms with van der Waals surface area (Å²) in [6, 6.07) is 0. The minimum absolute atomic E-state index is 0.0832. The molecule has 1 saturated carbocycles. The second kappa shape index (κ2) is 8.57. The molecule has 0 spiro atoms. The van der Waals surface area contributed by atoms with Gasteiger partial charge in [0.15, 0.2) is 0 Å². The second-order valence-corrected chi connectivity index (χ2v) is 4.45. The Labute approximate surface area is 98.5 Å². The SMILES string of the molecule is CCCC(=O)OCCCOC1CCCCC1. The molecule has 0 aromatic heterocycles. The molecule has 16 heavy (non-hydrogen) atoms. The summed E-state index contributed by atoms with van der Waals surface area (Å²) >= 11 is 0. The van der Waals surface area contributed by atoms with E-state index >= 15 is 0 Å². The summed E-state index contributed by atoms with van der Waals surface area (Å²) in [6.07, 6.45) is 9.04. The van der Waals surface area contributed by atoms with E-state index in [-0.39, 0.29) is 5.97 Å². The van der Waals surface area contributed by atoms with Crippen LogP contribution in [0.3, 0.4) is 0 Å². The highest BCUT2D eigenvalue weighted by molar-refractivity contribution is 5.69. The third-order valence-electron chi connectivity index (χ3n) is 2.91. The van der Waals surface area contributed by atoms with Crippen LogP contribution in [-0.2, 0) is 14.3 Å². The molecule has 0 bridgehead atoms. The fourth-order valence-electron chi connectivity index (χ4n) is 2.00. The van der Waals surface area contributed by atoms with Gasteiger partial charge in [-0.25, -0.2) is 0 Å². The zero-order valence-corrected chi connectivity index (χ0v) is 10.4. The van der Waals surface area contributed by atoms with Crippen molar-refractivity contribution in [2.24, 2.45) is 0 Å². The topological polar surface area (TPSA) is 35.5 Å². The molecule has 3 nitrogen and oxygen atoms in total. The Balaban J connectivity index is 1.89. The Kier molecular flexibility index (Phi) is 7.23. The molecule has 0 amide bonds. The molecule has 1 fully saturated rings. The van der Waals surface area contributed by atoms with Gasteiger partial charge in [-0.05, 0) is 19.3 Å². The molecule has 94 valence electrons. The van der Waals surface area contributed by atoms with Crippen LogP contribution in [0, 0.1) is 0 Å². The number of carbonyl (C=O) groups excluding carboxylic acids is 1. The van der Waals surface area contributed by atoms with Gasteiger partial charge < -0.3 is 9.47 Å². The summed E-state index contributed by atoms with van der Waals surface area (Å²) in [5.74, 6) is -0.0832. The second-order valence-electron chi connectivity index (χ2n) is 4.45. The van der Waals surface area contributed by atoms with Crippen LogP contribution in [0.25, 0.3) is 0 Å². The van der Waals surface area contributed by atoms with E-state index in [9.17, 15) is 4.79 Å². The molecular weight excluding hydrogens is 204 g/mol. The molecule has 0 aliphatic heterocycles. The van der Waals surface area contributed by atoms with Crippen LogP contribution in [0.4, 0.5) is 0 Å². The van der Waals surface area contributed by atoms with Crippen molar-refractivity contribution < 1.29 is 14.3 Å². The van der Waals surface area contributed by atoms with Gasteiger partial charge in [-0.2, -0.15) is 0 Å². The zero-order chi connectivity index (χ0) is 11.6. The van der Waals surface area contributed by atoms with Crippen LogP contribution < -0.4 is 0 Å². The number of esters is 1. The van der Waals surface area contributed by atoms with Crippen molar-refractivity contribution in [3.63, 3.8) is 0 Å². The summed E-state index contributed by atoms with van der Waals surface area (Å²) in [6.45, 7) is 3.21. The van der Waals surface area contributed by atoms with Gasteiger partial charge in [0.05, 0.1) is 19.3 Å². The molecule has 0 radical (unpaired) electrons. The lowest BCUT2D eigenvalue weighted by Gasteiger charge is -2.21. The maximum absolute atomic E-state index is 11.0. The first-order valence-corrected chi connectivity index (χ1v) is 6.60. The lowest BCUT2D eigenvalue weighted by Crippen LogP contribution is -2.18. The highest BCUT2D eigenvalue weighted by Crippen LogP contribution is 2.20. The van der Waals surface area contributed by atoms with E-state index in [0.717, 1.165) is 19.4 Å². The normalized spacial score (nSPS) is 17.3. The van der Waals surface area contributed by atoms with Gasteiger partial charge in [-0.1, -0.05) is 26.2 Å². The van der Waals surface area contributed by atoms with Gasteiger partial charge in [-0.15, -0.1) is 0 Å². The van der Waals surface area contributed by atoms with Crippen LogP contribution >= 0.6 is 0 Å². The maximum atomic E-state index is 11.0. The smallest absolute Gasteiger partial charge is 0.305 e. The lowest BCUT2D eigenvalue weighted by molar-refractivity contribution is -0.144. The van der Waals surface area contributed by atoms with Crippen molar-refractivity contribution in [1.29, 1.82) is 0 Å². The van der Waals surface area contributed by atoms with E-state index in [1.807, 2.05) is 6.92 Å². The summed E-state index contributed by atoms with van der Waals surface area (Å²) in [4.78, 5) is 11.0. The van der Waals surface area contributed by atoms with Crippen molar-refractivity contribution in [1.82, 2.24) is 0 Å². The minimum atomic E-state index is -0.0832. The van der Waals surface area contributed by atoms with E-state index in [2.05, 4.69) is 0 Å². The third kappa shape index (κ3) is 6.11. The standard InChI is InChI=1S/C13H24O3/c1-2-7-13(14)16-11-6-10-15-12-8-4-3-5-9-12/h12H,2-11H2,1H3. The van der Waals surface area contributed by atoms with E-state index < -0.39 is 0 Å². The molecule has 1 aliphatic carbocycles. The quantitative estimate of drug-likeness (QED) is 0.496. The van der Waals surface area contributed by atoms with Crippen LogP contribution in [0.1, 0.15) is 58.3 Å². The highest BCUT2D eigenvalue weighted by atomic mass is 16.5. The number of carbonyl (C=O) groups is 1. The average molecular weight is 228 g/mol. The van der Waals surface area contributed by atoms with Crippen molar-refractivity contribution in [3.05, 3.63) is 0 Å². The van der Waals surface area contributed by atoms with Crippen LogP contribution in [0.2, 0.25) is 0 Å². The summed E-state index contributed by atoms with van der Waals surface area (Å²) < 4.78 is 10.8. The summed E-state index contributed by atoms with van der Waals surface area (Å²) in [5.41, 5.74) is 0. The Hall–Kier alpha value is -0.570. The Bertz CT molecular complexity index is 186. The predicted molar refractivity (Wildman–Crippen MR) is 63.3 cm³/mol. The molecule has 1 rings (SSSR count). The summed E-state index contributed by atoms with van der Waals surface area (Å²) in [5, 5.41) is 0. The molecule has 1 aliphatic rings. The highest BCUT2D eigenvalue weighted by Gasteiger charge is 2.13. The summed E-state index contributed by atoms with van der Waals surface area (Å²) in [7, 11) is 0. The third-order valence-corrected chi connectivity index (χ3v) is 2.91. The predicted octanol–water partition coefficient (Wildman–Crippen LogP) is 3.07. The molecule has 3 heteroatoms. The van der Waals surface area contributed by atoms with E-state index in [0.29, 0.717) is 19.1 Å². The molecule has 0 heterocycles. The molecule has 0 aromatic carbocycles. The largest absolute Gasteiger partial charge is 0.466 e. The van der Waals surface area contributed by atoms with E-state index in [1.165, 1.54) is 32.1 Å². The molecular formula is C13H24O3. The van der Waals surface area contributed by atoms with E-state index in [1.54, 1.807) is 0 Å². The molecule has 0 unspecified atom stereocenters. The number of hydrogen-bond donors (Lipinski definition) is 0. The first kappa shape index (κ1) is 13.5. The molecule has 0 N–H and O–H groups in total. The average Bonchev–Trinajstić information content (AvgIpc) is 2.30. The monoisotopic (exact) mass is 228 g/mol. The van der Waals surface area contributed by atoms with Gasteiger partial charge >= 0.3 is 5.97 Å². The first-order valence-electron chi connectivity index (χ1n) is 6.60. The number of hydrogen-bond acceptors (Lipinski definition) is 3. The van der Waals surface area contributed by atoms with Crippen molar-refractivity contribution in [3.8, 4) is 0 Å². The number of ether oxygens (including phenoxy) is 2. The maximum Gasteiger partial charge on any atom is 0.305 e. The molecule has 0 atom stereocenters. The van der Waals surface area contributed by atoms with Crippen molar-refractivity contribution >= 4 is 5.97 Å². The van der Waals surface area contributed by atoms with Crippen LogP contribution in [0.5, 0.6) is 0 Å². The number of rotatable bonds is 7. The van der Waals surface area contributed by atoms with Crippen LogP contribution in [0.15, 0.2) is 0 Å². The fourth-order valence-corrected chi connectivity index (χ4v) is 2.00. The molecule has 0 saturated heterocycles. The molecule has 0 aromatic rings. The van der Waals surface area contributed by atoms with E-state index in [4.69, 9.17) is 9.47 Å². The van der Waals surface area contributed by atoms with Gasteiger partial charge in [-0.3, -0.25) is 4.79 Å². The Morgan fingerprint density at radius 1 is 1.19 bits per heavy atom. The minimum Gasteiger partial charge on any atom is -0.466 e. The van der Waals surface area contributed by atoms with Crippen molar-refractivity contribution in [2.45, 2.75) is 64.4 Å². The van der Waals surface area contributed by atoms with Gasteiger partial charge in [0.1, 0.15) is 0 Å².